The maximum absolute atomic E-state index is 12.6. The molecule has 3 nitrogen and oxygen atoms in total. The fraction of sp³-hybridized carbons (Fsp3) is 1.00. The van der Waals surface area contributed by atoms with Gasteiger partial charge in [-0.1, -0.05) is 20.3 Å². The zero-order chi connectivity index (χ0) is 14.6. The van der Waals surface area contributed by atoms with E-state index in [1.165, 1.54) is 25.8 Å². The standard InChI is InChI=1S/C17H29NO2S/c1-10-3-4-13-16(7-10)21(19)20-15-8-11(2)12-5-6-18-9-14(12)17(13)15/h10-18H,3-9H2,1-2H3. The first-order valence-electron chi connectivity index (χ1n) is 8.93. The van der Waals surface area contributed by atoms with Crippen LogP contribution in [-0.4, -0.2) is 28.7 Å². The molecule has 0 radical (unpaired) electrons. The van der Waals surface area contributed by atoms with Crippen LogP contribution in [-0.2, 0) is 15.3 Å². The molecule has 2 saturated carbocycles. The van der Waals surface area contributed by atoms with Crippen LogP contribution >= 0.6 is 0 Å². The zero-order valence-corrected chi connectivity index (χ0v) is 14.1. The molecule has 4 aliphatic rings. The molecule has 9 unspecified atom stereocenters. The van der Waals surface area contributed by atoms with Gasteiger partial charge in [0.15, 0.2) is 11.1 Å². The third-order valence-electron chi connectivity index (χ3n) is 6.91. The van der Waals surface area contributed by atoms with Crippen molar-refractivity contribution in [1.29, 1.82) is 0 Å². The second-order valence-corrected chi connectivity index (χ2v) is 9.45. The molecule has 120 valence electrons. The maximum Gasteiger partial charge on any atom is 0.159 e. The van der Waals surface area contributed by atoms with E-state index in [9.17, 15) is 4.21 Å². The first-order chi connectivity index (χ1) is 10.1. The van der Waals surface area contributed by atoms with E-state index in [0.717, 1.165) is 43.1 Å². The van der Waals surface area contributed by atoms with Gasteiger partial charge in [0.25, 0.3) is 0 Å². The quantitative estimate of drug-likeness (QED) is 0.747. The molecule has 4 heteroatoms. The molecular weight excluding hydrogens is 282 g/mol. The minimum atomic E-state index is -1.04. The van der Waals surface area contributed by atoms with E-state index in [2.05, 4.69) is 19.2 Å². The van der Waals surface area contributed by atoms with Gasteiger partial charge in [0, 0.05) is 0 Å². The number of piperidine rings is 1. The highest BCUT2D eigenvalue weighted by Crippen LogP contribution is 2.53. The highest BCUT2D eigenvalue weighted by Gasteiger charge is 2.54. The topological polar surface area (TPSA) is 38.3 Å². The summed E-state index contributed by atoms with van der Waals surface area (Å²) in [6.07, 6.45) is 6.43. The van der Waals surface area contributed by atoms with E-state index in [4.69, 9.17) is 4.18 Å². The van der Waals surface area contributed by atoms with Crippen LogP contribution in [0.3, 0.4) is 0 Å². The van der Waals surface area contributed by atoms with Crippen LogP contribution in [0, 0.1) is 35.5 Å². The van der Waals surface area contributed by atoms with E-state index >= 15 is 0 Å². The minimum Gasteiger partial charge on any atom is -0.316 e. The Kier molecular flexibility index (Phi) is 3.91. The molecule has 0 aromatic carbocycles. The van der Waals surface area contributed by atoms with Gasteiger partial charge < -0.3 is 5.32 Å². The molecule has 1 N–H and O–H groups in total. The summed E-state index contributed by atoms with van der Waals surface area (Å²) in [7, 11) is 0. The van der Waals surface area contributed by atoms with Gasteiger partial charge in [0.1, 0.15) is 0 Å². The normalized spacial score (nSPS) is 57.0. The lowest BCUT2D eigenvalue weighted by atomic mass is 9.57. The molecule has 2 heterocycles. The van der Waals surface area contributed by atoms with Crippen molar-refractivity contribution in [3.63, 3.8) is 0 Å². The number of hydrogen-bond acceptors (Lipinski definition) is 3. The van der Waals surface area contributed by atoms with Gasteiger partial charge >= 0.3 is 0 Å². The Hall–Kier alpha value is 0.0700. The first kappa shape index (κ1) is 14.6. The van der Waals surface area contributed by atoms with Crippen LogP contribution < -0.4 is 5.32 Å². The first-order valence-corrected chi connectivity index (χ1v) is 10.1. The Bertz CT molecular complexity index is 429. The maximum atomic E-state index is 12.6. The van der Waals surface area contributed by atoms with Crippen molar-refractivity contribution in [3.05, 3.63) is 0 Å². The fourth-order valence-electron chi connectivity index (χ4n) is 5.91. The van der Waals surface area contributed by atoms with Crippen molar-refractivity contribution >= 4 is 11.1 Å². The number of hydrogen-bond donors (Lipinski definition) is 1. The number of rotatable bonds is 0. The van der Waals surface area contributed by atoms with Crippen LogP contribution in [0.15, 0.2) is 0 Å². The molecule has 21 heavy (non-hydrogen) atoms. The second-order valence-electron chi connectivity index (χ2n) is 8.13. The molecular formula is C17H29NO2S. The summed E-state index contributed by atoms with van der Waals surface area (Å²) in [5, 5.41) is 3.93. The SMILES string of the molecule is CC1CCC2C3C(CC(C)C4CCNCC43)OS(=O)C2C1. The van der Waals surface area contributed by atoms with E-state index in [1.54, 1.807) is 0 Å². The smallest absolute Gasteiger partial charge is 0.159 e. The molecule has 0 aromatic heterocycles. The minimum absolute atomic E-state index is 0.261. The van der Waals surface area contributed by atoms with E-state index in [-0.39, 0.29) is 6.10 Å². The summed E-state index contributed by atoms with van der Waals surface area (Å²) in [6.45, 7) is 7.04. The highest BCUT2D eigenvalue weighted by atomic mass is 32.2. The van der Waals surface area contributed by atoms with Gasteiger partial charge in [0.2, 0.25) is 0 Å². The van der Waals surface area contributed by atoms with E-state index < -0.39 is 11.1 Å². The Labute approximate surface area is 131 Å². The van der Waals surface area contributed by atoms with Crippen molar-refractivity contribution in [3.8, 4) is 0 Å². The highest BCUT2D eigenvalue weighted by molar-refractivity contribution is 7.80. The lowest BCUT2D eigenvalue weighted by Crippen LogP contribution is -2.59. The molecule has 0 amide bonds. The summed E-state index contributed by atoms with van der Waals surface area (Å²) in [5.41, 5.74) is 0. The van der Waals surface area contributed by atoms with Gasteiger partial charge in [-0.15, -0.1) is 0 Å². The predicted molar refractivity (Wildman–Crippen MR) is 85.0 cm³/mol. The lowest BCUT2D eigenvalue weighted by molar-refractivity contribution is -0.0686. The van der Waals surface area contributed by atoms with Crippen LogP contribution in [0.5, 0.6) is 0 Å². The molecule has 9 atom stereocenters. The van der Waals surface area contributed by atoms with Gasteiger partial charge in [-0.25, -0.2) is 4.21 Å². The summed E-state index contributed by atoms with van der Waals surface area (Å²) < 4.78 is 18.6. The summed E-state index contributed by atoms with van der Waals surface area (Å²) in [5.74, 6) is 4.38. The molecule has 0 spiro atoms. The average Bonchev–Trinajstić information content (AvgIpc) is 2.48. The van der Waals surface area contributed by atoms with Gasteiger partial charge in [0.05, 0.1) is 11.4 Å². The summed E-state index contributed by atoms with van der Waals surface area (Å²) in [6, 6.07) is 0. The third kappa shape index (κ3) is 2.42. The van der Waals surface area contributed by atoms with Crippen molar-refractivity contribution in [2.45, 2.75) is 57.3 Å². The van der Waals surface area contributed by atoms with Crippen LogP contribution in [0.25, 0.3) is 0 Å². The lowest BCUT2D eigenvalue weighted by Gasteiger charge is -2.55. The average molecular weight is 311 g/mol. The van der Waals surface area contributed by atoms with Crippen molar-refractivity contribution in [1.82, 2.24) is 5.32 Å². The molecule has 4 fully saturated rings. The van der Waals surface area contributed by atoms with Crippen LogP contribution in [0.1, 0.15) is 46.0 Å². The molecule has 0 aromatic rings. The van der Waals surface area contributed by atoms with Gasteiger partial charge in [-0.05, 0) is 74.3 Å². The van der Waals surface area contributed by atoms with Crippen molar-refractivity contribution in [2.24, 2.45) is 35.5 Å². The van der Waals surface area contributed by atoms with Crippen LogP contribution in [0.2, 0.25) is 0 Å². The Morgan fingerprint density at radius 3 is 2.76 bits per heavy atom. The van der Waals surface area contributed by atoms with E-state index in [0.29, 0.717) is 17.1 Å². The molecule has 0 bridgehead atoms. The molecule has 4 rings (SSSR count). The van der Waals surface area contributed by atoms with Crippen molar-refractivity contribution < 1.29 is 8.39 Å². The molecule has 2 aliphatic heterocycles. The Balaban J connectivity index is 1.63. The van der Waals surface area contributed by atoms with Crippen LogP contribution in [0.4, 0.5) is 0 Å². The van der Waals surface area contributed by atoms with Gasteiger partial charge in [-0.3, -0.25) is 4.18 Å². The Morgan fingerprint density at radius 2 is 1.90 bits per heavy atom. The summed E-state index contributed by atoms with van der Waals surface area (Å²) in [4.78, 5) is 0. The van der Waals surface area contributed by atoms with E-state index in [1.807, 2.05) is 0 Å². The Morgan fingerprint density at radius 1 is 1.05 bits per heavy atom. The molecule has 2 aliphatic carbocycles. The molecule has 2 saturated heterocycles. The van der Waals surface area contributed by atoms with Gasteiger partial charge in [-0.2, -0.15) is 0 Å². The number of fused-ring (bicyclic) bond motifs is 5. The third-order valence-corrected chi connectivity index (χ3v) is 8.38. The monoisotopic (exact) mass is 311 g/mol. The van der Waals surface area contributed by atoms with Crippen molar-refractivity contribution in [2.75, 3.05) is 13.1 Å². The largest absolute Gasteiger partial charge is 0.316 e. The zero-order valence-electron chi connectivity index (χ0n) is 13.3. The predicted octanol–water partition coefficient (Wildman–Crippen LogP) is 2.74. The second kappa shape index (κ2) is 5.61. The fourth-order valence-corrected chi connectivity index (χ4v) is 7.59. The summed E-state index contributed by atoms with van der Waals surface area (Å²) >= 11 is -1.04. The number of nitrogens with one attached hydrogen (secondary N) is 1.